The molecule has 2 rings (SSSR count). The van der Waals surface area contributed by atoms with Gasteiger partial charge >= 0.3 is 0 Å². The largest absolute Gasteiger partial charge is 0.317 e. The average Bonchev–Trinajstić information content (AvgIpc) is 2.34. The van der Waals surface area contributed by atoms with Crippen molar-refractivity contribution in [1.29, 1.82) is 0 Å². The molecular weight excluding hydrogens is 253 g/mol. The molecule has 1 aliphatic rings. The van der Waals surface area contributed by atoms with E-state index in [0.717, 1.165) is 19.0 Å². The van der Waals surface area contributed by atoms with Crippen molar-refractivity contribution in [3.63, 3.8) is 0 Å². The van der Waals surface area contributed by atoms with Crippen LogP contribution in [0.4, 0.5) is 0 Å². The first kappa shape index (κ1) is 13.2. The SMILES string of the molecule is Cc1cc(Cl)c(Cl)cc1C(C)C1CCNCC1. The van der Waals surface area contributed by atoms with E-state index in [1.54, 1.807) is 0 Å². The third-order valence-electron chi connectivity index (χ3n) is 3.89. The van der Waals surface area contributed by atoms with Gasteiger partial charge in [-0.25, -0.2) is 0 Å². The summed E-state index contributed by atoms with van der Waals surface area (Å²) in [4.78, 5) is 0. The van der Waals surface area contributed by atoms with E-state index < -0.39 is 0 Å². The van der Waals surface area contributed by atoms with Crippen LogP contribution in [0.3, 0.4) is 0 Å². The quantitative estimate of drug-likeness (QED) is 0.841. The summed E-state index contributed by atoms with van der Waals surface area (Å²) in [5.41, 5.74) is 2.61. The molecule has 1 saturated heterocycles. The van der Waals surface area contributed by atoms with Crippen LogP contribution in [0.1, 0.15) is 36.8 Å². The minimum Gasteiger partial charge on any atom is -0.317 e. The molecule has 1 aliphatic heterocycles. The lowest BCUT2D eigenvalue weighted by atomic mass is 9.80. The van der Waals surface area contributed by atoms with Crippen LogP contribution in [0.2, 0.25) is 10.0 Å². The van der Waals surface area contributed by atoms with Crippen molar-refractivity contribution in [2.75, 3.05) is 13.1 Å². The Morgan fingerprint density at radius 3 is 2.41 bits per heavy atom. The van der Waals surface area contributed by atoms with E-state index in [0.29, 0.717) is 16.0 Å². The first-order valence-electron chi connectivity index (χ1n) is 6.26. The van der Waals surface area contributed by atoms with Crippen LogP contribution >= 0.6 is 23.2 Å². The van der Waals surface area contributed by atoms with Crippen LogP contribution in [0.25, 0.3) is 0 Å². The Hall–Kier alpha value is -0.240. The Balaban J connectivity index is 2.23. The van der Waals surface area contributed by atoms with E-state index in [1.165, 1.54) is 24.0 Å². The van der Waals surface area contributed by atoms with Crippen LogP contribution in [-0.2, 0) is 0 Å². The maximum absolute atomic E-state index is 6.12. The second-order valence-electron chi connectivity index (χ2n) is 5.00. The number of aryl methyl sites for hydroxylation is 1. The molecule has 1 unspecified atom stereocenters. The molecule has 1 aromatic rings. The maximum Gasteiger partial charge on any atom is 0.0595 e. The van der Waals surface area contributed by atoms with E-state index in [9.17, 15) is 0 Å². The van der Waals surface area contributed by atoms with Crippen LogP contribution in [0.5, 0.6) is 0 Å². The minimum atomic E-state index is 0.562. The van der Waals surface area contributed by atoms with Gasteiger partial charge < -0.3 is 5.32 Å². The molecule has 1 heterocycles. The molecule has 0 saturated carbocycles. The topological polar surface area (TPSA) is 12.0 Å². The Labute approximate surface area is 114 Å². The van der Waals surface area contributed by atoms with Gasteiger partial charge in [0.05, 0.1) is 10.0 Å². The van der Waals surface area contributed by atoms with Crippen LogP contribution in [0, 0.1) is 12.8 Å². The lowest BCUT2D eigenvalue weighted by Crippen LogP contribution is -2.30. The van der Waals surface area contributed by atoms with Crippen molar-refractivity contribution < 1.29 is 0 Å². The molecule has 0 aliphatic carbocycles. The number of hydrogen-bond donors (Lipinski definition) is 1. The van der Waals surface area contributed by atoms with Gasteiger partial charge in [0.2, 0.25) is 0 Å². The van der Waals surface area contributed by atoms with Crippen molar-refractivity contribution >= 4 is 23.2 Å². The van der Waals surface area contributed by atoms with Crippen molar-refractivity contribution in [2.24, 2.45) is 5.92 Å². The Bertz CT molecular complexity index is 397. The van der Waals surface area contributed by atoms with E-state index >= 15 is 0 Å². The molecule has 1 aromatic carbocycles. The predicted molar refractivity (Wildman–Crippen MR) is 75.2 cm³/mol. The Morgan fingerprint density at radius 2 is 1.76 bits per heavy atom. The molecule has 94 valence electrons. The zero-order chi connectivity index (χ0) is 12.4. The fourth-order valence-electron chi connectivity index (χ4n) is 2.75. The Morgan fingerprint density at radius 1 is 1.18 bits per heavy atom. The zero-order valence-electron chi connectivity index (χ0n) is 10.4. The van der Waals surface area contributed by atoms with Gasteiger partial charge in [0, 0.05) is 0 Å². The highest BCUT2D eigenvalue weighted by molar-refractivity contribution is 6.42. The summed E-state index contributed by atoms with van der Waals surface area (Å²) < 4.78 is 0. The van der Waals surface area contributed by atoms with Gasteiger partial charge in [0.1, 0.15) is 0 Å². The maximum atomic E-state index is 6.12. The Kier molecular flexibility index (Phi) is 4.35. The zero-order valence-corrected chi connectivity index (χ0v) is 11.9. The summed E-state index contributed by atoms with van der Waals surface area (Å²) in [5, 5.41) is 4.74. The molecule has 3 heteroatoms. The second kappa shape index (κ2) is 5.60. The van der Waals surface area contributed by atoms with Gasteiger partial charge in [-0.1, -0.05) is 30.1 Å². The number of nitrogens with one attached hydrogen (secondary N) is 1. The molecule has 1 nitrogen and oxygen atoms in total. The highest BCUT2D eigenvalue weighted by atomic mass is 35.5. The van der Waals surface area contributed by atoms with E-state index in [1.807, 2.05) is 12.1 Å². The fraction of sp³-hybridized carbons (Fsp3) is 0.571. The molecule has 0 amide bonds. The minimum absolute atomic E-state index is 0.562. The summed E-state index contributed by atoms with van der Waals surface area (Å²) in [6.45, 7) is 6.70. The smallest absolute Gasteiger partial charge is 0.0595 e. The van der Waals surface area contributed by atoms with Crippen molar-refractivity contribution in [3.05, 3.63) is 33.3 Å². The van der Waals surface area contributed by atoms with Crippen molar-refractivity contribution in [2.45, 2.75) is 32.6 Å². The van der Waals surface area contributed by atoms with Crippen molar-refractivity contribution in [3.8, 4) is 0 Å². The first-order chi connectivity index (χ1) is 8.09. The lowest BCUT2D eigenvalue weighted by molar-refractivity contribution is 0.330. The fourth-order valence-corrected chi connectivity index (χ4v) is 3.14. The van der Waals surface area contributed by atoms with Crippen molar-refractivity contribution in [1.82, 2.24) is 5.32 Å². The lowest BCUT2D eigenvalue weighted by Gasteiger charge is -2.29. The predicted octanol–water partition coefficient (Wildman–Crippen LogP) is 4.40. The molecule has 1 atom stereocenters. The second-order valence-corrected chi connectivity index (χ2v) is 5.81. The number of piperidine rings is 1. The third kappa shape index (κ3) is 2.96. The molecule has 0 spiro atoms. The summed E-state index contributed by atoms with van der Waals surface area (Å²) >= 11 is 12.2. The summed E-state index contributed by atoms with van der Waals surface area (Å²) in [5.74, 6) is 1.32. The van der Waals surface area contributed by atoms with Gasteiger partial charge in [-0.15, -0.1) is 0 Å². The number of hydrogen-bond acceptors (Lipinski definition) is 1. The summed E-state index contributed by atoms with van der Waals surface area (Å²) in [7, 11) is 0. The van der Waals surface area contributed by atoms with Crippen LogP contribution < -0.4 is 5.32 Å². The molecule has 0 aromatic heterocycles. The van der Waals surface area contributed by atoms with E-state index in [-0.39, 0.29) is 0 Å². The van der Waals surface area contributed by atoms with Crippen LogP contribution in [-0.4, -0.2) is 13.1 Å². The molecule has 1 fully saturated rings. The summed E-state index contributed by atoms with van der Waals surface area (Å²) in [6.07, 6.45) is 2.50. The van der Waals surface area contributed by atoms with Gasteiger partial charge in [-0.2, -0.15) is 0 Å². The van der Waals surface area contributed by atoms with Gasteiger partial charge in [0.15, 0.2) is 0 Å². The van der Waals surface area contributed by atoms with Gasteiger partial charge in [0.25, 0.3) is 0 Å². The molecular formula is C14H19Cl2N. The van der Waals surface area contributed by atoms with E-state index in [2.05, 4.69) is 19.2 Å². The van der Waals surface area contributed by atoms with E-state index in [4.69, 9.17) is 23.2 Å². The molecule has 17 heavy (non-hydrogen) atoms. The monoisotopic (exact) mass is 271 g/mol. The molecule has 0 bridgehead atoms. The highest BCUT2D eigenvalue weighted by Crippen LogP contribution is 2.35. The van der Waals surface area contributed by atoms with Gasteiger partial charge in [-0.3, -0.25) is 0 Å². The first-order valence-corrected chi connectivity index (χ1v) is 7.01. The molecule has 1 N–H and O–H groups in total. The third-order valence-corrected chi connectivity index (χ3v) is 4.61. The summed E-state index contributed by atoms with van der Waals surface area (Å²) in [6, 6.07) is 4.03. The normalized spacial score (nSPS) is 19.3. The number of halogens is 2. The standard InChI is InChI=1S/C14H19Cl2N/c1-9-7-13(15)14(16)8-12(9)10(2)11-3-5-17-6-4-11/h7-8,10-11,17H,3-6H2,1-2H3. The average molecular weight is 272 g/mol. The van der Waals surface area contributed by atoms with Crippen LogP contribution in [0.15, 0.2) is 12.1 Å². The van der Waals surface area contributed by atoms with Gasteiger partial charge in [-0.05, 0) is 68.0 Å². The highest BCUT2D eigenvalue weighted by Gasteiger charge is 2.22. The number of rotatable bonds is 2. The molecule has 0 radical (unpaired) electrons. The number of benzene rings is 1.